The van der Waals surface area contributed by atoms with E-state index >= 15 is 0 Å². The van der Waals surface area contributed by atoms with Crippen LogP contribution in [0.2, 0.25) is 0 Å². The third-order valence-corrected chi connectivity index (χ3v) is 6.72. The lowest BCUT2D eigenvalue weighted by molar-refractivity contribution is -0.116. The Labute approximate surface area is 194 Å². The Kier molecular flexibility index (Phi) is 4.96. The lowest BCUT2D eigenvalue weighted by atomic mass is 10.2. The van der Waals surface area contributed by atoms with Gasteiger partial charge >= 0.3 is 0 Å². The second kappa shape index (κ2) is 8.26. The molecule has 0 unspecified atom stereocenters. The van der Waals surface area contributed by atoms with Gasteiger partial charge in [0.05, 0.1) is 5.75 Å². The number of hydrogen-bond donors (Lipinski definition) is 0. The number of nitrogens with zero attached hydrogens (tertiary/aromatic N) is 4. The summed E-state index contributed by atoms with van der Waals surface area (Å²) in [5.74, 6) is 1.59. The molecule has 0 aliphatic carbocycles. The number of rotatable bonds is 5. The summed E-state index contributed by atoms with van der Waals surface area (Å²) in [6.07, 6.45) is 0.892. The van der Waals surface area contributed by atoms with Crippen LogP contribution in [0.1, 0.15) is 5.56 Å². The van der Waals surface area contributed by atoms with Gasteiger partial charge in [-0.2, -0.15) is 0 Å². The number of fused-ring (bicyclic) bond motifs is 2. The quantitative estimate of drug-likeness (QED) is 0.336. The number of anilines is 1. The third-order valence-electron chi connectivity index (χ3n) is 5.81. The fourth-order valence-electron chi connectivity index (χ4n) is 4.23. The van der Waals surface area contributed by atoms with Crippen molar-refractivity contribution >= 4 is 34.3 Å². The van der Waals surface area contributed by atoms with Gasteiger partial charge in [0, 0.05) is 23.3 Å². The van der Waals surface area contributed by atoms with Crippen molar-refractivity contribution in [3.05, 3.63) is 90.5 Å². The number of benzene rings is 3. The predicted molar refractivity (Wildman–Crippen MR) is 130 cm³/mol. The molecule has 0 spiro atoms. The minimum atomic E-state index is 0.0675. The van der Waals surface area contributed by atoms with E-state index in [0.717, 1.165) is 28.8 Å². The molecule has 162 valence electrons. The van der Waals surface area contributed by atoms with E-state index in [0.29, 0.717) is 23.3 Å². The standard InChI is InChI=1S/C26H20N4O2S/c31-24(29-15-14-18-8-4-6-12-21(18)29)17-33-26-28-27-25(30(26)20-10-2-1-3-11-20)23-16-19-9-5-7-13-22(19)32-23/h1-13,16H,14-15,17H2. The van der Waals surface area contributed by atoms with Gasteiger partial charge in [0.15, 0.2) is 10.9 Å². The van der Waals surface area contributed by atoms with Crippen molar-refractivity contribution in [2.75, 3.05) is 17.2 Å². The molecule has 0 radical (unpaired) electrons. The third kappa shape index (κ3) is 3.60. The normalized spacial score (nSPS) is 12.9. The van der Waals surface area contributed by atoms with E-state index in [1.165, 1.54) is 17.3 Å². The number of para-hydroxylation sites is 3. The number of carbonyl (C=O) groups excluding carboxylic acids is 1. The first kappa shape index (κ1) is 19.8. The molecule has 3 heterocycles. The minimum absolute atomic E-state index is 0.0675. The van der Waals surface area contributed by atoms with Gasteiger partial charge < -0.3 is 9.32 Å². The number of hydrogen-bond acceptors (Lipinski definition) is 5. The minimum Gasteiger partial charge on any atom is -0.453 e. The van der Waals surface area contributed by atoms with Crippen LogP contribution in [0.25, 0.3) is 28.2 Å². The van der Waals surface area contributed by atoms with E-state index in [1.54, 1.807) is 0 Å². The molecular formula is C26H20N4O2S. The van der Waals surface area contributed by atoms with Crippen LogP contribution < -0.4 is 4.90 Å². The Morgan fingerprint density at radius 1 is 0.939 bits per heavy atom. The van der Waals surface area contributed by atoms with Crippen molar-refractivity contribution in [3.8, 4) is 17.3 Å². The van der Waals surface area contributed by atoms with Crippen molar-refractivity contribution in [1.82, 2.24) is 14.8 Å². The van der Waals surface area contributed by atoms with Gasteiger partial charge in [-0.1, -0.05) is 66.4 Å². The maximum atomic E-state index is 13.1. The van der Waals surface area contributed by atoms with Gasteiger partial charge in [-0.15, -0.1) is 10.2 Å². The molecular weight excluding hydrogens is 432 g/mol. The maximum absolute atomic E-state index is 13.1. The fourth-order valence-corrected chi connectivity index (χ4v) is 5.05. The average molecular weight is 453 g/mol. The SMILES string of the molecule is O=C(CSc1nnc(-c2cc3ccccc3o2)n1-c1ccccc1)N1CCc2ccccc21. The van der Waals surface area contributed by atoms with Crippen LogP contribution in [-0.4, -0.2) is 33.0 Å². The lowest BCUT2D eigenvalue weighted by Crippen LogP contribution is -2.30. The second-order valence-corrected chi connectivity index (χ2v) is 8.78. The first-order valence-electron chi connectivity index (χ1n) is 10.8. The lowest BCUT2D eigenvalue weighted by Gasteiger charge is -2.17. The summed E-state index contributed by atoms with van der Waals surface area (Å²) in [5, 5.41) is 10.5. The summed E-state index contributed by atoms with van der Waals surface area (Å²) in [5.41, 5.74) is 3.94. The summed E-state index contributed by atoms with van der Waals surface area (Å²) in [6.45, 7) is 0.717. The van der Waals surface area contributed by atoms with Crippen LogP contribution in [0, 0.1) is 0 Å². The van der Waals surface area contributed by atoms with Gasteiger partial charge in [0.1, 0.15) is 5.58 Å². The first-order valence-corrected chi connectivity index (χ1v) is 11.8. The molecule has 3 aromatic carbocycles. The molecule has 0 fully saturated rings. The second-order valence-electron chi connectivity index (χ2n) is 7.84. The summed E-state index contributed by atoms with van der Waals surface area (Å²) in [4.78, 5) is 14.9. The molecule has 0 atom stereocenters. The Morgan fingerprint density at radius 2 is 1.73 bits per heavy atom. The number of furan rings is 1. The predicted octanol–water partition coefficient (Wildman–Crippen LogP) is 5.36. The number of thioether (sulfide) groups is 1. The van der Waals surface area contributed by atoms with E-state index < -0.39 is 0 Å². The number of amides is 1. The molecule has 0 saturated carbocycles. The number of carbonyl (C=O) groups is 1. The molecule has 33 heavy (non-hydrogen) atoms. The molecule has 6 nitrogen and oxygen atoms in total. The van der Waals surface area contributed by atoms with E-state index in [9.17, 15) is 4.79 Å². The zero-order valence-corrected chi connectivity index (χ0v) is 18.5. The van der Waals surface area contributed by atoms with Crippen LogP contribution >= 0.6 is 11.8 Å². The summed E-state index contributed by atoms with van der Waals surface area (Å²) < 4.78 is 8.02. The number of aromatic nitrogens is 3. The van der Waals surface area contributed by atoms with Crippen molar-refractivity contribution in [2.45, 2.75) is 11.6 Å². The van der Waals surface area contributed by atoms with E-state index in [4.69, 9.17) is 4.42 Å². The van der Waals surface area contributed by atoms with Gasteiger partial charge in [0.2, 0.25) is 11.7 Å². The Bertz CT molecular complexity index is 1420. The van der Waals surface area contributed by atoms with Crippen LogP contribution in [0.5, 0.6) is 0 Å². The molecule has 2 aromatic heterocycles. The molecule has 0 N–H and O–H groups in total. The summed E-state index contributed by atoms with van der Waals surface area (Å²) in [6, 6.07) is 27.8. The van der Waals surface area contributed by atoms with Crippen molar-refractivity contribution in [3.63, 3.8) is 0 Å². The molecule has 1 aliphatic heterocycles. The molecule has 0 bridgehead atoms. The Balaban J connectivity index is 1.32. The summed E-state index contributed by atoms with van der Waals surface area (Å²) >= 11 is 1.39. The van der Waals surface area contributed by atoms with Crippen molar-refractivity contribution in [2.24, 2.45) is 0 Å². The molecule has 1 amide bonds. The zero-order chi connectivity index (χ0) is 22.2. The van der Waals surface area contributed by atoms with Crippen LogP contribution in [-0.2, 0) is 11.2 Å². The largest absolute Gasteiger partial charge is 0.453 e. The summed E-state index contributed by atoms with van der Waals surface area (Å²) in [7, 11) is 0. The van der Waals surface area contributed by atoms with E-state index in [-0.39, 0.29) is 11.7 Å². The van der Waals surface area contributed by atoms with Gasteiger partial charge in [0.25, 0.3) is 0 Å². The Hall–Kier alpha value is -3.84. The van der Waals surface area contributed by atoms with Gasteiger partial charge in [-0.25, -0.2) is 0 Å². The highest BCUT2D eigenvalue weighted by Gasteiger charge is 2.25. The highest BCUT2D eigenvalue weighted by atomic mass is 32.2. The molecule has 5 aromatic rings. The van der Waals surface area contributed by atoms with E-state index in [1.807, 2.05) is 88.3 Å². The van der Waals surface area contributed by atoms with Crippen LogP contribution in [0.15, 0.2) is 94.5 Å². The topological polar surface area (TPSA) is 64.2 Å². The van der Waals surface area contributed by atoms with Gasteiger partial charge in [-0.05, 0) is 42.3 Å². The van der Waals surface area contributed by atoms with Crippen molar-refractivity contribution in [1.29, 1.82) is 0 Å². The molecule has 0 saturated heterocycles. The Morgan fingerprint density at radius 3 is 2.61 bits per heavy atom. The van der Waals surface area contributed by atoms with Crippen molar-refractivity contribution < 1.29 is 9.21 Å². The smallest absolute Gasteiger partial charge is 0.237 e. The fraction of sp³-hybridized carbons (Fsp3) is 0.115. The van der Waals surface area contributed by atoms with E-state index in [2.05, 4.69) is 16.3 Å². The molecule has 7 heteroatoms. The zero-order valence-electron chi connectivity index (χ0n) is 17.7. The monoisotopic (exact) mass is 452 g/mol. The first-order chi connectivity index (χ1) is 16.3. The highest BCUT2D eigenvalue weighted by Crippen LogP contribution is 2.33. The molecule has 6 rings (SSSR count). The molecule has 1 aliphatic rings. The van der Waals surface area contributed by atoms with Crippen LogP contribution in [0.4, 0.5) is 5.69 Å². The van der Waals surface area contributed by atoms with Gasteiger partial charge in [-0.3, -0.25) is 9.36 Å². The highest BCUT2D eigenvalue weighted by molar-refractivity contribution is 7.99. The van der Waals surface area contributed by atoms with Crippen LogP contribution in [0.3, 0.4) is 0 Å². The average Bonchev–Trinajstić information content (AvgIpc) is 3.59. The maximum Gasteiger partial charge on any atom is 0.237 e.